The third-order valence-electron chi connectivity index (χ3n) is 4.32. The van der Waals surface area contributed by atoms with Gasteiger partial charge in [-0.25, -0.2) is 9.59 Å². The van der Waals surface area contributed by atoms with Crippen molar-refractivity contribution in [1.82, 2.24) is 9.80 Å². The van der Waals surface area contributed by atoms with Gasteiger partial charge in [-0.15, -0.1) is 0 Å². The largest absolute Gasteiger partial charge is 0.478 e. The van der Waals surface area contributed by atoms with Crippen molar-refractivity contribution >= 4 is 33.7 Å². The van der Waals surface area contributed by atoms with Gasteiger partial charge in [0, 0.05) is 42.9 Å². The first-order chi connectivity index (χ1) is 12.0. The number of rotatable bonds is 4. The summed E-state index contributed by atoms with van der Waals surface area (Å²) in [6.07, 6.45) is 0.538. The number of hydrogen-bond donors (Lipinski definition) is 2. The van der Waals surface area contributed by atoms with E-state index in [2.05, 4.69) is 20.8 Å². The fourth-order valence-electron chi connectivity index (χ4n) is 2.94. The lowest BCUT2D eigenvalue weighted by Gasteiger charge is -2.28. The van der Waals surface area contributed by atoms with Crippen molar-refractivity contribution in [2.75, 3.05) is 25.9 Å². The Hall–Kier alpha value is -1.80. The number of aromatic carboxylic acids is 1. The zero-order chi connectivity index (χ0) is 19.6. The number of hydrogen-bond acceptors (Lipinski definition) is 5. The minimum absolute atomic E-state index is 0.0827. The molecule has 1 amide bonds. The number of amides is 1. The summed E-state index contributed by atoms with van der Waals surface area (Å²) in [4.78, 5) is 27.2. The van der Waals surface area contributed by atoms with E-state index in [1.54, 1.807) is 18.0 Å². The molecule has 1 fully saturated rings. The molecule has 0 aliphatic carbocycles. The van der Waals surface area contributed by atoms with E-state index in [0.29, 0.717) is 11.0 Å². The number of likely N-dealkylation sites (tertiary alicyclic amines) is 1. The van der Waals surface area contributed by atoms with Crippen molar-refractivity contribution in [3.8, 4) is 0 Å². The number of ether oxygens (including phenoxy) is 1. The number of nitrogens with zero attached hydrogens (tertiary/aromatic N) is 2. The molecule has 8 heteroatoms. The minimum Gasteiger partial charge on any atom is -0.478 e. The lowest BCUT2D eigenvalue weighted by molar-refractivity contribution is 0.0228. The van der Waals surface area contributed by atoms with Crippen LogP contribution in [0.4, 0.5) is 10.5 Å². The van der Waals surface area contributed by atoms with Crippen molar-refractivity contribution in [2.45, 2.75) is 45.4 Å². The van der Waals surface area contributed by atoms with Crippen LogP contribution in [-0.2, 0) is 11.3 Å². The molecule has 0 spiro atoms. The first kappa shape index (κ1) is 20.5. The topological polar surface area (TPSA) is 96.1 Å². The predicted molar refractivity (Wildman–Crippen MR) is 103 cm³/mol. The monoisotopic (exact) mass is 427 g/mol. The van der Waals surface area contributed by atoms with Gasteiger partial charge in [0.15, 0.2) is 0 Å². The number of likely N-dealkylation sites (N-methyl/N-ethyl adjacent to an activating group) is 1. The quantitative estimate of drug-likeness (QED) is 0.716. The molecule has 144 valence electrons. The molecule has 26 heavy (non-hydrogen) atoms. The Morgan fingerprint density at radius 2 is 2.08 bits per heavy atom. The third kappa shape index (κ3) is 5.11. The number of benzene rings is 1. The van der Waals surface area contributed by atoms with E-state index in [1.165, 1.54) is 6.07 Å². The molecule has 0 bridgehead atoms. The lowest BCUT2D eigenvalue weighted by atomic mass is 10.1. The van der Waals surface area contributed by atoms with Gasteiger partial charge in [-0.2, -0.15) is 0 Å². The van der Waals surface area contributed by atoms with Gasteiger partial charge >= 0.3 is 12.1 Å². The van der Waals surface area contributed by atoms with Crippen LogP contribution in [-0.4, -0.2) is 58.7 Å². The van der Waals surface area contributed by atoms with E-state index in [0.717, 1.165) is 25.1 Å². The van der Waals surface area contributed by atoms with Gasteiger partial charge in [0.1, 0.15) is 5.60 Å². The number of nitrogens with two attached hydrogens (primary N) is 1. The van der Waals surface area contributed by atoms with Crippen LogP contribution in [0.3, 0.4) is 0 Å². The average molecular weight is 428 g/mol. The van der Waals surface area contributed by atoms with Gasteiger partial charge in [0.2, 0.25) is 0 Å². The maximum Gasteiger partial charge on any atom is 0.410 e. The highest BCUT2D eigenvalue weighted by atomic mass is 79.9. The van der Waals surface area contributed by atoms with Crippen LogP contribution in [0.5, 0.6) is 0 Å². The van der Waals surface area contributed by atoms with Gasteiger partial charge < -0.3 is 20.5 Å². The van der Waals surface area contributed by atoms with Gasteiger partial charge in [0.05, 0.1) is 5.56 Å². The standard InChI is InChI=1S/C18H26BrN3O4/c1-18(2,3)26-17(25)21(4)12-5-6-22(10-12)9-11-7-15(20)13(16(23)24)8-14(11)19/h7-8,12H,5-6,9-10,20H2,1-4H3,(H,23,24)/t12-/m1/s1. The second-order valence-electron chi connectivity index (χ2n) is 7.60. The van der Waals surface area contributed by atoms with E-state index in [9.17, 15) is 9.59 Å². The zero-order valence-corrected chi connectivity index (χ0v) is 17.2. The summed E-state index contributed by atoms with van der Waals surface area (Å²) in [7, 11) is 1.76. The number of anilines is 1. The Morgan fingerprint density at radius 1 is 1.42 bits per heavy atom. The maximum absolute atomic E-state index is 12.2. The molecule has 1 atom stereocenters. The molecule has 2 rings (SSSR count). The van der Waals surface area contributed by atoms with Gasteiger partial charge in [0.25, 0.3) is 0 Å². The second-order valence-corrected chi connectivity index (χ2v) is 8.46. The predicted octanol–water partition coefficient (Wildman–Crippen LogP) is 3.17. The fraction of sp³-hybridized carbons (Fsp3) is 0.556. The molecular weight excluding hydrogens is 402 g/mol. The first-order valence-corrected chi connectivity index (χ1v) is 9.26. The van der Waals surface area contributed by atoms with E-state index in [-0.39, 0.29) is 23.4 Å². The highest BCUT2D eigenvalue weighted by molar-refractivity contribution is 9.10. The van der Waals surface area contributed by atoms with Gasteiger partial charge in [-0.1, -0.05) is 15.9 Å². The number of carboxylic acids is 1. The number of carbonyl (C=O) groups excluding carboxylic acids is 1. The van der Waals surface area contributed by atoms with Crippen molar-refractivity contribution in [2.24, 2.45) is 0 Å². The van der Waals surface area contributed by atoms with Gasteiger partial charge in [-0.3, -0.25) is 4.90 Å². The normalized spacial score (nSPS) is 18.0. The van der Waals surface area contributed by atoms with Crippen LogP contribution in [0.25, 0.3) is 0 Å². The van der Waals surface area contributed by atoms with E-state index in [1.807, 2.05) is 20.8 Å². The number of carbonyl (C=O) groups is 2. The third-order valence-corrected chi connectivity index (χ3v) is 5.06. The van der Waals surface area contributed by atoms with Crippen LogP contribution in [0.15, 0.2) is 16.6 Å². The Bertz CT molecular complexity index is 702. The SMILES string of the molecule is CN(C(=O)OC(C)(C)C)[C@@H]1CCN(Cc2cc(N)c(C(=O)O)cc2Br)C1. The summed E-state index contributed by atoms with van der Waals surface area (Å²) in [5.41, 5.74) is 6.59. The van der Waals surface area contributed by atoms with Crippen molar-refractivity contribution in [3.05, 3.63) is 27.7 Å². The molecule has 7 nitrogen and oxygen atoms in total. The van der Waals surface area contributed by atoms with Crippen LogP contribution in [0.2, 0.25) is 0 Å². The minimum atomic E-state index is -1.05. The molecule has 1 aliphatic heterocycles. The summed E-state index contributed by atoms with van der Waals surface area (Å²) >= 11 is 3.43. The highest BCUT2D eigenvalue weighted by Crippen LogP contribution is 2.27. The van der Waals surface area contributed by atoms with E-state index in [4.69, 9.17) is 15.6 Å². The molecule has 1 aromatic carbocycles. The molecular formula is C18H26BrN3O4. The Kier molecular flexibility index (Phi) is 6.18. The summed E-state index contributed by atoms with van der Waals surface area (Å²) in [6, 6.07) is 3.31. The molecule has 0 unspecified atom stereocenters. The Labute approximate surface area is 162 Å². The molecule has 1 saturated heterocycles. The Morgan fingerprint density at radius 3 is 2.65 bits per heavy atom. The summed E-state index contributed by atoms with van der Waals surface area (Å²) in [6.45, 7) is 7.74. The molecule has 0 radical (unpaired) electrons. The number of nitrogen functional groups attached to an aromatic ring is 1. The van der Waals surface area contributed by atoms with Crippen molar-refractivity contribution in [1.29, 1.82) is 0 Å². The second kappa shape index (κ2) is 7.84. The van der Waals surface area contributed by atoms with Crippen LogP contribution < -0.4 is 5.73 Å². The summed E-state index contributed by atoms with van der Waals surface area (Å²) < 4.78 is 6.14. The molecule has 0 aromatic heterocycles. The fourth-order valence-corrected chi connectivity index (χ4v) is 3.41. The molecule has 1 aliphatic rings. The lowest BCUT2D eigenvalue weighted by Crippen LogP contribution is -2.42. The maximum atomic E-state index is 12.2. The number of carboxylic acid groups (broad SMARTS) is 1. The summed E-state index contributed by atoms with van der Waals surface area (Å²) in [5.74, 6) is -1.05. The van der Waals surface area contributed by atoms with Crippen LogP contribution in [0, 0.1) is 0 Å². The van der Waals surface area contributed by atoms with E-state index < -0.39 is 11.6 Å². The molecule has 1 heterocycles. The van der Waals surface area contributed by atoms with Crippen LogP contribution >= 0.6 is 15.9 Å². The smallest absolute Gasteiger partial charge is 0.410 e. The van der Waals surface area contributed by atoms with Crippen molar-refractivity contribution < 1.29 is 19.4 Å². The average Bonchev–Trinajstić information content (AvgIpc) is 2.96. The van der Waals surface area contributed by atoms with E-state index >= 15 is 0 Å². The Balaban J connectivity index is 2.00. The zero-order valence-electron chi connectivity index (χ0n) is 15.6. The highest BCUT2D eigenvalue weighted by Gasteiger charge is 2.31. The first-order valence-electron chi connectivity index (χ1n) is 8.47. The van der Waals surface area contributed by atoms with Crippen LogP contribution in [0.1, 0.15) is 43.1 Å². The molecule has 1 aromatic rings. The van der Waals surface area contributed by atoms with Gasteiger partial charge in [-0.05, 0) is 44.9 Å². The summed E-state index contributed by atoms with van der Waals surface area (Å²) in [5, 5.41) is 9.13. The molecule has 0 saturated carbocycles. The molecule has 3 N–H and O–H groups in total. The van der Waals surface area contributed by atoms with Crippen molar-refractivity contribution in [3.63, 3.8) is 0 Å². The number of halogens is 1.